The molecule has 0 atom stereocenters. The summed E-state index contributed by atoms with van der Waals surface area (Å²) in [6.45, 7) is 0. The van der Waals surface area contributed by atoms with Crippen molar-refractivity contribution in [3.63, 3.8) is 0 Å². The zero-order chi connectivity index (χ0) is 14.8. The van der Waals surface area contributed by atoms with Crippen molar-refractivity contribution in [3.8, 4) is 11.1 Å². The predicted octanol–water partition coefficient (Wildman–Crippen LogP) is 5.28. The van der Waals surface area contributed by atoms with Gasteiger partial charge in [-0.1, -0.05) is 23.7 Å². The summed E-state index contributed by atoms with van der Waals surface area (Å²) >= 11 is 9.14. The maximum atomic E-state index is 12.7. The molecule has 0 fully saturated rings. The Morgan fingerprint density at radius 3 is 2.48 bits per heavy atom. The van der Waals surface area contributed by atoms with Gasteiger partial charge in [0.2, 0.25) is 0 Å². The molecule has 0 bridgehead atoms. The molecule has 0 aliphatic heterocycles. The molecule has 0 saturated heterocycles. The quantitative estimate of drug-likeness (QED) is 0.608. The molecule has 0 aliphatic rings. The molecule has 0 N–H and O–H groups in total. The number of thioether (sulfide) groups is 1. The van der Waals surface area contributed by atoms with Crippen molar-refractivity contribution in [2.45, 2.75) is 4.21 Å². The number of hydrogen-bond donors (Lipinski definition) is 0. The standard InChI is InChI=1S/C16H12ClNOS2/c1-20-16-14(15(19)18-8-2-3-9-18)13(10-21-16)11-4-6-12(17)7-5-11/h2-10H,1H3. The summed E-state index contributed by atoms with van der Waals surface area (Å²) in [5.74, 6) is -0.00412. The molecule has 0 radical (unpaired) electrons. The highest BCUT2D eigenvalue weighted by molar-refractivity contribution is 8.00. The van der Waals surface area contributed by atoms with E-state index in [0.29, 0.717) is 5.02 Å². The second-order valence-electron chi connectivity index (χ2n) is 4.42. The first kappa shape index (κ1) is 14.4. The fraction of sp³-hybridized carbons (Fsp3) is 0.0625. The van der Waals surface area contributed by atoms with Crippen LogP contribution in [0.2, 0.25) is 5.02 Å². The number of carbonyl (C=O) groups is 1. The Labute approximate surface area is 136 Å². The van der Waals surface area contributed by atoms with Gasteiger partial charge in [0.25, 0.3) is 5.91 Å². The van der Waals surface area contributed by atoms with E-state index in [1.807, 2.05) is 48.0 Å². The van der Waals surface area contributed by atoms with Crippen molar-refractivity contribution < 1.29 is 4.79 Å². The fourth-order valence-electron chi connectivity index (χ4n) is 2.13. The first-order chi connectivity index (χ1) is 10.2. The number of rotatable bonds is 3. The first-order valence-corrected chi connectivity index (χ1v) is 8.78. The molecule has 2 heterocycles. The van der Waals surface area contributed by atoms with Crippen LogP contribution in [0.5, 0.6) is 0 Å². The van der Waals surface area contributed by atoms with Gasteiger partial charge in [-0.15, -0.1) is 23.1 Å². The molecular weight excluding hydrogens is 322 g/mol. The average molecular weight is 334 g/mol. The van der Waals surface area contributed by atoms with E-state index >= 15 is 0 Å². The molecule has 5 heteroatoms. The number of aromatic nitrogens is 1. The Kier molecular flexibility index (Phi) is 4.19. The van der Waals surface area contributed by atoms with Crippen LogP contribution in [0.4, 0.5) is 0 Å². The summed E-state index contributed by atoms with van der Waals surface area (Å²) < 4.78 is 2.64. The number of benzene rings is 1. The first-order valence-electron chi connectivity index (χ1n) is 6.30. The molecule has 2 nitrogen and oxygen atoms in total. The predicted molar refractivity (Wildman–Crippen MR) is 90.7 cm³/mol. The summed E-state index contributed by atoms with van der Waals surface area (Å²) in [4.78, 5) is 12.7. The Hall–Kier alpha value is -1.49. The van der Waals surface area contributed by atoms with Crippen LogP contribution in [0.15, 0.2) is 58.4 Å². The summed E-state index contributed by atoms with van der Waals surface area (Å²) in [7, 11) is 0. The summed E-state index contributed by atoms with van der Waals surface area (Å²) in [5.41, 5.74) is 2.72. The molecule has 21 heavy (non-hydrogen) atoms. The lowest BCUT2D eigenvalue weighted by Gasteiger charge is -2.07. The van der Waals surface area contributed by atoms with Crippen LogP contribution in [0, 0.1) is 0 Å². The normalized spacial score (nSPS) is 10.8. The van der Waals surface area contributed by atoms with E-state index in [1.165, 1.54) is 0 Å². The van der Waals surface area contributed by atoms with Gasteiger partial charge in [-0.2, -0.15) is 0 Å². The van der Waals surface area contributed by atoms with Crippen molar-refractivity contribution in [3.05, 3.63) is 64.8 Å². The molecule has 0 spiro atoms. The van der Waals surface area contributed by atoms with Crippen molar-refractivity contribution in [2.24, 2.45) is 0 Å². The molecule has 3 rings (SSSR count). The Morgan fingerprint density at radius 1 is 1.19 bits per heavy atom. The van der Waals surface area contributed by atoms with Crippen LogP contribution in [-0.2, 0) is 0 Å². The summed E-state index contributed by atoms with van der Waals surface area (Å²) in [6, 6.07) is 11.3. The van der Waals surface area contributed by atoms with Crippen molar-refractivity contribution >= 4 is 40.6 Å². The third-order valence-corrected chi connectivity index (χ3v) is 5.54. The smallest absolute Gasteiger partial charge is 0.264 e. The largest absolute Gasteiger partial charge is 0.291 e. The minimum Gasteiger partial charge on any atom is -0.291 e. The summed E-state index contributed by atoms with van der Waals surface area (Å²) in [5, 5.41) is 2.73. The van der Waals surface area contributed by atoms with E-state index in [-0.39, 0.29) is 5.91 Å². The van der Waals surface area contributed by atoms with Crippen molar-refractivity contribution in [1.29, 1.82) is 0 Å². The van der Waals surface area contributed by atoms with Gasteiger partial charge in [0.1, 0.15) is 0 Å². The fourth-order valence-corrected chi connectivity index (χ4v) is 3.98. The van der Waals surface area contributed by atoms with Crippen molar-refractivity contribution in [2.75, 3.05) is 6.26 Å². The third-order valence-electron chi connectivity index (χ3n) is 3.15. The van der Waals surface area contributed by atoms with Gasteiger partial charge in [-0.3, -0.25) is 9.36 Å². The van der Waals surface area contributed by atoms with E-state index in [9.17, 15) is 4.79 Å². The third kappa shape index (κ3) is 2.79. The van der Waals surface area contributed by atoms with Gasteiger partial charge in [-0.05, 0) is 36.1 Å². The molecular formula is C16H12ClNOS2. The van der Waals surface area contributed by atoms with Gasteiger partial charge in [-0.25, -0.2) is 0 Å². The second kappa shape index (κ2) is 6.10. The monoisotopic (exact) mass is 333 g/mol. The van der Waals surface area contributed by atoms with E-state index in [0.717, 1.165) is 20.9 Å². The number of halogens is 1. The molecule has 0 amide bonds. The van der Waals surface area contributed by atoms with Crippen LogP contribution in [-0.4, -0.2) is 16.7 Å². The van der Waals surface area contributed by atoms with E-state index in [2.05, 4.69) is 0 Å². The lowest BCUT2D eigenvalue weighted by molar-refractivity contribution is 0.0959. The lowest BCUT2D eigenvalue weighted by atomic mass is 10.0. The number of thiophene rings is 1. The zero-order valence-electron chi connectivity index (χ0n) is 11.2. The Bertz CT molecular complexity index is 760. The maximum Gasteiger partial charge on any atom is 0.264 e. The highest BCUT2D eigenvalue weighted by Gasteiger charge is 2.20. The highest BCUT2D eigenvalue weighted by Crippen LogP contribution is 2.37. The topological polar surface area (TPSA) is 22.0 Å². The van der Waals surface area contributed by atoms with Crippen LogP contribution < -0.4 is 0 Å². The van der Waals surface area contributed by atoms with Gasteiger partial charge in [0, 0.05) is 28.4 Å². The number of carbonyl (C=O) groups excluding carboxylic acids is 1. The molecule has 106 valence electrons. The van der Waals surface area contributed by atoms with Crippen LogP contribution in [0.3, 0.4) is 0 Å². The second-order valence-corrected chi connectivity index (χ2v) is 6.81. The van der Waals surface area contributed by atoms with Gasteiger partial charge >= 0.3 is 0 Å². The SMILES string of the molecule is CSc1scc(-c2ccc(Cl)cc2)c1C(=O)n1cccc1. The van der Waals surface area contributed by atoms with E-state index in [4.69, 9.17) is 11.6 Å². The molecule has 0 aliphatic carbocycles. The number of nitrogens with zero attached hydrogens (tertiary/aromatic N) is 1. The number of hydrogen-bond acceptors (Lipinski definition) is 3. The van der Waals surface area contributed by atoms with E-state index < -0.39 is 0 Å². The van der Waals surface area contributed by atoms with E-state index in [1.54, 1.807) is 40.1 Å². The minimum atomic E-state index is -0.00412. The Morgan fingerprint density at radius 2 is 1.86 bits per heavy atom. The van der Waals surface area contributed by atoms with Gasteiger partial charge in [0.05, 0.1) is 9.77 Å². The molecule has 2 aromatic heterocycles. The van der Waals surface area contributed by atoms with Crippen LogP contribution >= 0.6 is 34.7 Å². The summed E-state index contributed by atoms with van der Waals surface area (Å²) in [6.07, 6.45) is 5.54. The minimum absolute atomic E-state index is 0.00412. The van der Waals surface area contributed by atoms with Gasteiger partial charge < -0.3 is 0 Å². The van der Waals surface area contributed by atoms with Crippen LogP contribution in [0.1, 0.15) is 10.4 Å². The lowest BCUT2D eigenvalue weighted by Crippen LogP contribution is -2.10. The van der Waals surface area contributed by atoms with Crippen molar-refractivity contribution in [1.82, 2.24) is 4.57 Å². The molecule has 3 aromatic rings. The maximum absolute atomic E-state index is 12.7. The molecule has 0 unspecified atom stereocenters. The molecule has 1 aromatic carbocycles. The highest BCUT2D eigenvalue weighted by atomic mass is 35.5. The average Bonchev–Trinajstić information content (AvgIpc) is 3.16. The molecule has 0 saturated carbocycles. The van der Waals surface area contributed by atoms with Gasteiger partial charge in [0.15, 0.2) is 0 Å². The zero-order valence-corrected chi connectivity index (χ0v) is 13.6. The Balaban J connectivity index is 2.12. The van der Waals surface area contributed by atoms with Crippen LogP contribution in [0.25, 0.3) is 11.1 Å².